The number of hydrogen-bond donors (Lipinski definition) is 0. The van der Waals surface area contributed by atoms with E-state index in [9.17, 15) is 0 Å². The molecule has 1 fully saturated rings. The zero-order chi connectivity index (χ0) is 19.9. The van der Waals surface area contributed by atoms with Crippen molar-refractivity contribution in [3.05, 3.63) is 77.6 Å². The molecule has 7 heteroatoms. The summed E-state index contributed by atoms with van der Waals surface area (Å²) in [5.74, 6) is 0.879. The van der Waals surface area contributed by atoms with E-state index >= 15 is 0 Å². The SMILES string of the molecule is COCCn1nnnc1[C@@H](c1ccccc1)N1CCN(Cc2ccccc2)CC1. The first kappa shape index (κ1) is 19.7. The molecule has 0 unspecified atom stereocenters. The van der Waals surface area contributed by atoms with Crippen LogP contribution in [0.4, 0.5) is 0 Å². The van der Waals surface area contributed by atoms with Gasteiger partial charge in [-0.2, -0.15) is 0 Å². The van der Waals surface area contributed by atoms with Crippen molar-refractivity contribution in [1.82, 2.24) is 30.0 Å². The number of methoxy groups -OCH3 is 1. The van der Waals surface area contributed by atoms with Gasteiger partial charge in [-0.1, -0.05) is 60.7 Å². The zero-order valence-electron chi connectivity index (χ0n) is 16.9. The van der Waals surface area contributed by atoms with Crippen LogP contribution in [0.1, 0.15) is 23.0 Å². The fraction of sp³-hybridized carbons (Fsp3) is 0.409. The summed E-state index contributed by atoms with van der Waals surface area (Å²) < 4.78 is 7.11. The molecule has 0 spiro atoms. The van der Waals surface area contributed by atoms with Crippen LogP contribution < -0.4 is 0 Å². The number of piperazine rings is 1. The van der Waals surface area contributed by atoms with Gasteiger partial charge in [0, 0.05) is 39.8 Å². The smallest absolute Gasteiger partial charge is 0.173 e. The minimum absolute atomic E-state index is 0.0435. The van der Waals surface area contributed by atoms with Gasteiger partial charge < -0.3 is 4.74 Å². The van der Waals surface area contributed by atoms with Crippen LogP contribution in [-0.4, -0.2) is 69.9 Å². The van der Waals surface area contributed by atoms with Crippen LogP contribution in [0.25, 0.3) is 0 Å². The number of rotatable bonds is 8. The lowest BCUT2D eigenvalue weighted by Gasteiger charge is -2.39. The summed E-state index contributed by atoms with van der Waals surface area (Å²) in [4.78, 5) is 5.01. The summed E-state index contributed by atoms with van der Waals surface area (Å²) in [7, 11) is 1.70. The molecule has 152 valence electrons. The number of tetrazole rings is 1. The fourth-order valence-electron chi connectivity index (χ4n) is 3.92. The monoisotopic (exact) mass is 392 g/mol. The number of ether oxygens (including phenoxy) is 1. The molecule has 4 rings (SSSR count). The van der Waals surface area contributed by atoms with Crippen molar-refractivity contribution in [3.8, 4) is 0 Å². The van der Waals surface area contributed by atoms with E-state index in [0.29, 0.717) is 13.2 Å². The first-order chi connectivity index (χ1) is 14.3. The molecule has 0 amide bonds. The fourth-order valence-corrected chi connectivity index (χ4v) is 3.92. The Hall–Kier alpha value is -2.61. The van der Waals surface area contributed by atoms with Crippen molar-refractivity contribution in [3.63, 3.8) is 0 Å². The summed E-state index contributed by atoms with van der Waals surface area (Å²) >= 11 is 0. The van der Waals surface area contributed by atoms with E-state index in [4.69, 9.17) is 4.74 Å². The molecule has 3 aromatic rings. The van der Waals surface area contributed by atoms with E-state index in [1.807, 2.05) is 10.7 Å². The molecular weight excluding hydrogens is 364 g/mol. The Morgan fingerprint density at radius 2 is 1.62 bits per heavy atom. The van der Waals surface area contributed by atoms with E-state index in [0.717, 1.165) is 38.5 Å². The van der Waals surface area contributed by atoms with Gasteiger partial charge in [0.1, 0.15) is 0 Å². The second-order valence-electron chi connectivity index (χ2n) is 7.36. The Bertz CT molecular complexity index is 861. The van der Waals surface area contributed by atoms with Crippen LogP contribution >= 0.6 is 0 Å². The zero-order valence-corrected chi connectivity index (χ0v) is 16.9. The standard InChI is InChI=1S/C22H28N6O/c1-29-17-16-28-22(23-24-25-28)21(20-10-6-3-7-11-20)27-14-12-26(13-15-27)18-19-8-4-2-5-9-19/h2-11,21H,12-18H2,1H3/t21-/m1/s1. The third-order valence-corrected chi connectivity index (χ3v) is 5.45. The summed E-state index contributed by atoms with van der Waals surface area (Å²) in [5.41, 5.74) is 2.58. The van der Waals surface area contributed by atoms with Crippen molar-refractivity contribution in [2.75, 3.05) is 39.9 Å². The summed E-state index contributed by atoms with van der Waals surface area (Å²) in [6, 6.07) is 21.3. The molecule has 1 aromatic heterocycles. The van der Waals surface area contributed by atoms with E-state index < -0.39 is 0 Å². The third kappa shape index (κ3) is 4.87. The highest BCUT2D eigenvalue weighted by molar-refractivity contribution is 5.25. The summed E-state index contributed by atoms with van der Waals surface area (Å²) in [6.07, 6.45) is 0. The van der Waals surface area contributed by atoms with Gasteiger partial charge in [0.2, 0.25) is 0 Å². The minimum Gasteiger partial charge on any atom is -0.383 e. The molecule has 0 N–H and O–H groups in total. The Morgan fingerprint density at radius 3 is 2.31 bits per heavy atom. The summed E-state index contributed by atoms with van der Waals surface area (Å²) in [5, 5.41) is 12.6. The first-order valence-corrected chi connectivity index (χ1v) is 10.2. The molecule has 0 aliphatic carbocycles. The van der Waals surface area contributed by atoms with Crippen molar-refractivity contribution in [2.45, 2.75) is 19.1 Å². The normalized spacial score (nSPS) is 16.7. The molecule has 0 saturated carbocycles. The molecular formula is C22H28N6O. The first-order valence-electron chi connectivity index (χ1n) is 10.2. The lowest BCUT2D eigenvalue weighted by Crippen LogP contribution is -2.48. The van der Waals surface area contributed by atoms with Crippen LogP contribution in [0.2, 0.25) is 0 Å². The number of nitrogens with zero attached hydrogens (tertiary/aromatic N) is 6. The lowest BCUT2D eigenvalue weighted by atomic mass is 10.0. The van der Waals surface area contributed by atoms with Crippen molar-refractivity contribution >= 4 is 0 Å². The molecule has 0 radical (unpaired) electrons. The van der Waals surface area contributed by atoms with Crippen LogP contribution in [0.5, 0.6) is 0 Å². The molecule has 2 heterocycles. The van der Waals surface area contributed by atoms with Crippen LogP contribution in [-0.2, 0) is 17.8 Å². The van der Waals surface area contributed by atoms with Crippen LogP contribution in [0.3, 0.4) is 0 Å². The Morgan fingerprint density at radius 1 is 0.931 bits per heavy atom. The summed E-state index contributed by atoms with van der Waals surface area (Å²) in [6.45, 7) is 6.24. The van der Waals surface area contributed by atoms with Crippen molar-refractivity contribution in [1.29, 1.82) is 0 Å². The van der Waals surface area contributed by atoms with E-state index in [2.05, 4.69) is 79.9 Å². The molecule has 2 aromatic carbocycles. The number of benzene rings is 2. The van der Waals surface area contributed by atoms with Crippen LogP contribution in [0.15, 0.2) is 60.7 Å². The maximum atomic E-state index is 5.24. The predicted octanol–water partition coefficient (Wildman–Crippen LogP) is 2.23. The third-order valence-electron chi connectivity index (χ3n) is 5.45. The second kappa shape index (κ2) is 9.73. The van der Waals surface area contributed by atoms with Gasteiger partial charge in [0.25, 0.3) is 0 Å². The highest BCUT2D eigenvalue weighted by Crippen LogP contribution is 2.28. The van der Waals surface area contributed by atoms with E-state index in [1.54, 1.807) is 7.11 Å². The van der Waals surface area contributed by atoms with Gasteiger partial charge in [0.05, 0.1) is 19.2 Å². The van der Waals surface area contributed by atoms with Crippen molar-refractivity contribution < 1.29 is 4.74 Å². The molecule has 29 heavy (non-hydrogen) atoms. The molecule has 1 atom stereocenters. The quantitative estimate of drug-likeness (QED) is 0.586. The maximum Gasteiger partial charge on any atom is 0.173 e. The van der Waals surface area contributed by atoms with Gasteiger partial charge in [-0.25, -0.2) is 4.68 Å². The molecule has 7 nitrogen and oxygen atoms in total. The number of aromatic nitrogens is 4. The van der Waals surface area contributed by atoms with Crippen molar-refractivity contribution in [2.24, 2.45) is 0 Å². The average Bonchev–Trinajstić information content (AvgIpc) is 3.23. The largest absolute Gasteiger partial charge is 0.383 e. The Labute approximate surface area is 171 Å². The predicted molar refractivity (Wildman–Crippen MR) is 111 cm³/mol. The lowest BCUT2D eigenvalue weighted by molar-refractivity contribution is 0.0989. The van der Waals surface area contributed by atoms with E-state index in [-0.39, 0.29) is 6.04 Å². The van der Waals surface area contributed by atoms with Gasteiger partial charge in [-0.3, -0.25) is 9.80 Å². The molecule has 1 aliphatic heterocycles. The minimum atomic E-state index is 0.0435. The molecule has 1 aliphatic rings. The average molecular weight is 393 g/mol. The molecule has 0 bridgehead atoms. The number of hydrogen-bond acceptors (Lipinski definition) is 6. The topological polar surface area (TPSA) is 59.3 Å². The highest BCUT2D eigenvalue weighted by atomic mass is 16.5. The van der Waals surface area contributed by atoms with E-state index in [1.165, 1.54) is 11.1 Å². The van der Waals surface area contributed by atoms with Gasteiger partial charge in [-0.15, -0.1) is 5.10 Å². The van der Waals surface area contributed by atoms with Gasteiger partial charge >= 0.3 is 0 Å². The van der Waals surface area contributed by atoms with Gasteiger partial charge in [-0.05, 0) is 21.6 Å². The van der Waals surface area contributed by atoms with Gasteiger partial charge in [0.15, 0.2) is 5.82 Å². The maximum absolute atomic E-state index is 5.24. The van der Waals surface area contributed by atoms with Crippen LogP contribution in [0, 0.1) is 0 Å². The highest BCUT2D eigenvalue weighted by Gasteiger charge is 2.30. The Kier molecular flexibility index (Phi) is 6.61. The second-order valence-corrected chi connectivity index (χ2v) is 7.36. The molecule has 1 saturated heterocycles. The Balaban J connectivity index is 1.50.